The van der Waals surface area contributed by atoms with Crippen molar-refractivity contribution in [3.8, 4) is 5.75 Å². The molecule has 3 rings (SSSR count). The summed E-state index contributed by atoms with van der Waals surface area (Å²) in [5.74, 6) is 0.211. The van der Waals surface area contributed by atoms with E-state index >= 15 is 0 Å². The van der Waals surface area contributed by atoms with Gasteiger partial charge in [0, 0.05) is 37.6 Å². The van der Waals surface area contributed by atoms with Crippen LogP contribution in [-0.4, -0.2) is 56.2 Å². The molecule has 3 amide bonds. The molecule has 1 atom stereocenters. The van der Waals surface area contributed by atoms with Crippen LogP contribution in [-0.2, 0) is 4.79 Å². The number of nitrogens with zero attached hydrogens (tertiary/aromatic N) is 2. The van der Waals surface area contributed by atoms with Crippen molar-refractivity contribution in [3.63, 3.8) is 0 Å². The second kappa shape index (κ2) is 9.52. The number of hydrogen-bond donors (Lipinski definition) is 2. The fourth-order valence-electron chi connectivity index (χ4n) is 3.14. The van der Waals surface area contributed by atoms with Crippen LogP contribution in [0.15, 0.2) is 48.5 Å². The molecule has 8 heteroatoms. The molecule has 0 aromatic heterocycles. The topological polar surface area (TPSA) is 73.9 Å². The number of carbonyl (C=O) groups is 2. The highest BCUT2D eigenvalue weighted by Crippen LogP contribution is 2.27. The lowest BCUT2D eigenvalue weighted by Gasteiger charge is -2.36. The molecule has 0 aliphatic carbocycles. The third kappa shape index (κ3) is 5.32. The SMILES string of the molecule is COc1ccc(NC(=O)[C@@H](C)NC(=O)N2CCN(c3ccccc3)CC2)cc1Cl. The molecular formula is C21H25ClN4O3. The molecule has 0 saturated carbocycles. The summed E-state index contributed by atoms with van der Waals surface area (Å²) in [6.07, 6.45) is 0. The molecule has 1 heterocycles. The van der Waals surface area contributed by atoms with Gasteiger partial charge in [-0.2, -0.15) is 0 Å². The van der Waals surface area contributed by atoms with E-state index in [0.717, 1.165) is 18.8 Å². The van der Waals surface area contributed by atoms with E-state index in [2.05, 4.69) is 27.7 Å². The first-order valence-electron chi connectivity index (χ1n) is 9.48. The minimum Gasteiger partial charge on any atom is -0.495 e. The van der Waals surface area contributed by atoms with E-state index in [4.69, 9.17) is 16.3 Å². The average Bonchev–Trinajstić information content (AvgIpc) is 2.74. The van der Waals surface area contributed by atoms with Gasteiger partial charge in [0.15, 0.2) is 0 Å². The van der Waals surface area contributed by atoms with Crippen LogP contribution in [0.1, 0.15) is 6.92 Å². The predicted octanol–water partition coefficient (Wildman–Crippen LogP) is 3.21. The molecule has 0 spiro atoms. The Labute approximate surface area is 175 Å². The molecule has 0 unspecified atom stereocenters. The molecule has 2 aromatic carbocycles. The maximum absolute atomic E-state index is 12.5. The van der Waals surface area contributed by atoms with Gasteiger partial charge in [0.25, 0.3) is 0 Å². The first-order chi connectivity index (χ1) is 14.0. The molecule has 0 bridgehead atoms. The van der Waals surface area contributed by atoms with Crippen LogP contribution < -0.4 is 20.3 Å². The highest BCUT2D eigenvalue weighted by molar-refractivity contribution is 6.32. The second-order valence-electron chi connectivity index (χ2n) is 6.82. The number of urea groups is 1. The molecule has 1 aliphatic rings. The highest BCUT2D eigenvalue weighted by Gasteiger charge is 2.24. The predicted molar refractivity (Wildman–Crippen MR) is 115 cm³/mol. The maximum atomic E-state index is 12.5. The summed E-state index contributed by atoms with van der Waals surface area (Å²) in [5, 5.41) is 5.91. The number of para-hydroxylation sites is 1. The minimum absolute atomic E-state index is 0.242. The zero-order valence-corrected chi connectivity index (χ0v) is 17.3. The third-order valence-corrected chi connectivity index (χ3v) is 5.14. The largest absolute Gasteiger partial charge is 0.495 e. The van der Waals surface area contributed by atoms with Crippen molar-refractivity contribution >= 4 is 34.9 Å². The number of ether oxygens (including phenoxy) is 1. The number of methoxy groups -OCH3 is 1. The van der Waals surface area contributed by atoms with Crippen molar-refractivity contribution in [2.75, 3.05) is 43.5 Å². The molecule has 29 heavy (non-hydrogen) atoms. The first kappa shape index (κ1) is 20.8. The summed E-state index contributed by atoms with van der Waals surface area (Å²) in [6, 6.07) is 14.2. The zero-order valence-electron chi connectivity index (χ0n) is 16.5. The molecule has 7 nitrogen and oxygen atoms in total. The number of benzene rings is 2. The summed E-state index contributed by atoms with van der Waals surface area (Å²) in [7, 11) is 1.52. The lowest BCUT2D eigenvalue weighted by Crippen LogP contribution is -2.54. The van der Waals surface area contributed by atoms with E-state index in [1.54, 1.807) is 30.0 Å². The summed E-state index contributed by atoms with van der Waals surface area (Å²) in [5.41, 5.74) is 1.69. The molecule has 154 valence electrons. The Bertz CT molecular complexity index is 854. The maximum Gasteiger partial charge on any atom is 0.318 e. The number of piperazine rings is 1. The Morgan fingerprint density at radius 3 is 2.38 bits per heavy atom. The minimum atomic E-state index is -0.685. The number of rotatable bonds is 5. The van der Waals surface area contributed by atoms with E-state index in [-0.39, 0.29) is 11.9 Å². The molecule has 1 fully saturated rings. The van der Waals surface area contributed by atoms with Crippen LogP contribution in [0.5, 0.6) is 5.75 Å². The standard InChI is InChI=1S/C21H25ClN4O3/c1-15(20(27)24-16-8-9-19(29-2)18(22)14-16)23-21(28)26-12-10-25(11-13-26)17-6-4-3-5-7-17/h3-9,14-15H,10-13H2,1-2H3,(H,23,28)(H,24,27)/t15-/m1/s1. The van der Waals surface area contributed by atoms with Gasteiger partial charge in [-0.1, -0.05) is 29.8 Å². The summed E-state index contributed by atoms with van der Waals surface area (Å²) < 4.78 is 5.10. The Morgan fingerprint density at radius 1 is 1.07 bits per heavy atom. The van der Waals surface area contributed by atoms with E-state index in [9.17, 15) is 9.59 Å². The van der Waals surface area contributed by atoms with Crippen LogP contribution in [0.25, 0.3) is 0 Å². The van der Waals surface area contributed by atoms with Crippen molar-refractivity contribution in [1.82, 2.24) is 10.2 Å². The van der Waals surface area contributed by atoms with Crippen LogP contribution in [0, 0.1) is 0 Å². The Balaban J connectivity index is 1.49. The highest BCUT2D eigenvalue weighted by atomic mass is 35.5. The van der Waals surface area contributed by atoms with Gasteiger partial charge in [-0.25, -0.2) is 4.79 Å². The summed E-state index contributed by atoms with van der Waals surface area (Å²) in [6.45, 7) is 4.36. The Kier molecular flexibility index (Phi) is 6.82. The molecular weight excluding hydrogens is 392 g/mol. The van der Waals surface area contributed by atoms with Crippen LogP contribution in [0.3, 0.4) is 0 Å². The van der Waals surface area contributed by atoms with Gasteiger partial charge in [-0.3, -0.25) is 4.79 Å². The first-order valence-corrected chi connectivity index (χ1v) is 9.85. The fourth-order valence-corrected chi connectivity index (χ4v) is 3.40. The van der Waals surface area contributed by atoms with Crippen molar-refractivity contribution in [2.24, 2.45) is 0 Å². The van der Waals surface area contributed by atoms with E-state index < -0.39 is 6.04 Å². The van der Waals surface area contributed by atoms with Crippen molar-refractivity contribution in [3.05, 3.63) is 53.6 Å². The summed E-state index contributed by atoms with van der Waals surface area (Å²) in [4.78, 5) is 28.9. The normalized spacial score (nSPS) is 14.9. The van der Waals surface area contributed by atoms with Crippen molar-refractivity contribution in [2.45, 2.75) is 13.0 Å². The summed E-state index contributed by atoms with van der Waals surface area (Å²) >= 11 is 6.08. The smallest absolute Gasteiger partial charge is 0.318 e. The van der Waals surface area contributed by atoms with Gasteiger partial charge in [-0.15, -0.1) is 0 Å². The second-order valence-corrected chi connectivity index (χ2v) is 7.23. The zero-order chi connectivity index (χ0) is 20.8. The van der Waals surface area contributed by atoms with Crippen molar-refractivity contribution < 1.29 is 14.3 Å². The van der Waals surface area contributed by atoms with E-state index in [1.807, 2.05) is 18.2 Å². The number of amides is 3. The number of halogens is 1. The molecule has 1 aliphatic heterocycles. The van der Waals surface area contributed by atoms with Gasteiger partial charge in [0.05, 0.1) is 12.1 Å². The molecule has 2 N–H and O–H groups in total. The lowest BCUT2D eigenvalue weighted by atomic mass is 10.2. The number of anilines is 2. The number of hydrogen-bond acceptors (Lipinski definition) is 4. The molecule has 1 saturated heterocycles. The molecule has 2 aromatic rings. The van der Waals surface area contributed by atoms with Gasteiger partial charge in [0.1, 0.15) is 11.8 Å². The lowest BCUT2D eigenvalue weighted by molar-refractivity contribution is -0.117. The van der Waals surface area contributed by atoms with Gasteiger partial charge in [0.2, 0.25) is 5.91 Å². The fraction of sp³-hybridized carbons (Fsp3) is 0.333. The van der Waals surface area contributed by atoms with Crippen LogP contribution in [0.4, 0.5) is 16.2 Å². The van der Waals surface area contributed by atoms with Gasteiger partial charge >= 0.3 is 6.03 Å². The third-order valence-electron chi connectivity index (χ3n) is 4.84. The Morgan fingerprint density at radius 2 is 1.76 bits per heavy atom. The Hall–Kier alpha value is -2.93. The van der Waals surface area contributed by atoms with E-state index in [1.165, 1.54) is 7.11 Å². The monoisotopic (exact) mass is 416 g/mol. The average molecular weight is 417 g/mol. The number of carbonyl (C=O) groups excluding carboxylic acids is 2. The molecule has 0 radical (unpaired) electrons. The van der Waals surface area contributed by atoms with E-state index in [0.29, 0.717) is 29.5 Å². The van der Waals surface area contributed by atoms with Crippen LogP contribution >= 0.6 is 11.6 Å². The van der Waals surface area contributed by atoms with Gasteiger partial charge < -0.3 is 25.2 Å². The quantitative estimate of drug-likeness (QED) is 0.784. The van der Waals surface area contributed by atoms with Gasteiger partial charge in [-0.05, 0) is 37.3 Å². The van der Waals surface area contributed by atoms with Crippen molar-refractivity contribution in [1.29, 1.82) is 0 Å². The number of nitrogens with one attached hydrogen (secondary N) is 2. The van der Waals surface area contributed by atoms with Crippen LogP contribution in [0.2, 0.25) is 5.02 Å².